The number of carbonyl (C=O) groups is 2. The molecule has 0 saturated heterocycles. The van der Waals surface area contributed by atoms with Crippen molar-refractivity contribution in [1.82, 2.24) is 9.97 Å². The predicted molar refractivity (Wildman–Crippen MR) is 372 cm³/mol. The Labute approximate surface area is 534 Å². The fourth-order valence-electron chi connectivity index (χ4n) is 16.6. The molecule has 4 aliphatic rings. The van der Waals surface area contributed by atoms with Crippen molar-refractivity contribution < 1.29 is 19.1 Å². The Bertz CT molecular complexity index is 5670. The van der Waals surface area contributed by atoms with Gasteiger partial charge in [0, 0.05) is 21.9 Å². The molecule has 0 N–H and O–H groups in total. The first kappa shape index (κ1) is 52.5. The number of ether oxygens (including phenoxy) is 2. The first-order chi connectivity index (χ1) is 45.4. The van der Waals surface area contributed by atoms with Crippen LogP contribution >= 0.6 is 11.3 Å². The first-order valence-corrected chi connectivity index (χ1v) is 32.2. The predicted octanol–water partition coefficient (Wildman–Crippen LogP) is 20.5. The number of thiophene rings is 1. The molecule has 2 spiro atoms. The van der Waals surface area contributed by atoms with Crippen molar-refractivity contribution in [3.05, 3.63) is 323 Å². The van der Waals surface area contributed by atoms with E-state index in [-0.39, 0.29) is 11.9 Å². The van der Waals surface area contributed by atoms with Crippen LogP contribution in [0.25, 0.3) is 131 Å². The third kappa shape index (κ3) is 6.92. The van der Waals surface area contributed by atoms with Crippen LogP contribution in [0, 0.1) is 0 Å². The molecule has 432 valence electrons. The van der Waals surface area contributed by atoms with E-state index in [1.807, 2.05) is 55.5 Å². The maximum absolute atomic E-state index is 12.9. The molecular formula is C85H52N2O4S. The number of aromatic nitrogens is 2. The molecule has 0 bridgehead atoms. The van der Waals surface area contributed by atoms with E-state index in [0.29, 0.717) is 17.7 Å². The second-order valence-electron chi connectivity index (χ2n) is 24.5. The fraction of sp³-hybridized carbons (Fsp3) is 0.0588. The summed E-state index contributed by atoms with van der Waals surface area (Å²) < 4.78 is 10.5. The highest BCUT2D eigenvalue weighted by Crippen LogP contribution is 2.67. The molecule has 15 aromatic rings. The highest BCUT2D eigenvalue weighted by Gasteiger charge is 2.54. The Hall–Kier alpha value is -11.4. The van der Waals surface area contributed by atoms with Gasteiger partial charge in [0.15, 0.2) is 0 Å². The van der Waals surface area contributed by atoms with E-state index in [0.717, 1.165) is 86.7 Å². The monoisotopic (exact) mass is 1200 g/mol. The average Bonchev–Trinajstić information content (AvgIpc) is 1.51. The highest BCUT2D eigenvalue weighted by molar-refractivity contribution is 7.21. The van der Waals surface area contributed by atoms with Crippen LogP contribution in [0.2, 0.25) is 0 Å². The second-order valence-corrected chi connectivity index (χ2v) is 25.5. The number of benzene rings is 13. The van der Waals surface area contributed by atoms with Gasteiger partial charge in [0.1, 0.15) is 11.0 Å². The van der Waals surface area contributed by atoms with Crippen LogP contribution in [-0.4, -0.2) is 35.6 Å². The van der Waals surface area contributed by atoms with Crippen LogP contribution in [0.1, 0.15) is 72.1 Å². The molecule has 13 aromatic carbocycles. The lowest BCUT2D eigenvalue weighted by molar-refractivity contribution is 0.0525. The number of hydrogen-bond acceptors (Lipinski definition) is 7. The van der Waals surface area contributed by atoms with Gasteiger partial charge in [0.05, 0.1) is 56.5 Å². The van der Waals surface area contributed by atoms with Crippen LogP contribution in [0.3, 0.4) is 0 Å². The quantitative estimate of drug-likeness (QED) is 0.117. The van der Waals surface area contributed by atoms with Crippen molar-refractivity contribution in [3.63, 3.8) is 0 Å². The molecule has 0 amide bonds. The van der Waals surface area contributed by atoms with Crippen molar-refractivity contribution in [2.75, 3.05) is 13.7 Å². The Morgan fingerprint density at radius 1 is 0.337 bits per heavy atom. The smallest absolute Gasteiger partial charge is 0.338 e. The van der Waals surface area contributed by atoms with E-state index < -0.39 is 10.8 Å². The fourth-order valence-corrected chi connectivity index (χ4v) is 17.8. The van der Waals surface area contributed by atoms with Gasteiger partial charge in [-0.25, -0.2) is 19.6 Å². The Morgan fingerprint density at radius 2 is 0.663 bits per heavy atom. The van der Waals surface area contributed by atoms with Crippen LogP contribution < -0.4 is 0 Å². The molecule has 4 aliphatic carbocycles. The number of nitrogens with zero attached hydrogens (tertiary/aromatic N) is 2. The third-order valence-corrected chi connectivity index (χ3v) is 21.5. The van der Waals surface area contributed by atoms with Crippen molar-refractivity contribution in [2.24, 2.45) is 0 Å². The van der Waals surface area contributed by atoms with Crippen LogP contribution in [0.5, 0.6) is 0 Å². The number of esters is 2. The zero-order valence-electron chi connectivity index (χ0n) is 50.0. The van der Waals surface area contributed by atoms with Crippen molar-refractivity contribution in [3.8, 4) is 87.6 Å². The van der Waals surface area contributed by atoms with Gasteiger partial charge >= 0.3 is 11.9 Å². The maximum Gasteiger partial charge on any atom is 0.338 e. The summed E-state index contributed by atoms with van der Waals surface area (Å²) in [6, 6.07) is 96.5. The molecule has 0 aliphatic heterocycles. The van der Waals surface area contributed by atoms with Crippen molar-refractivity contribution in [2.45, 2.75) is 17.8 Å². The zero-order valence-corrected chi connectivity index (χ0v) is 50.9. The van der Waals surface area contributed by atoms with E-state index >= 15 is 0 Å². The van der Waals surface area contributed by atoms with E-state index in [9.17, 15) is 9.59 Å². The normalized spacial score (nSPS) is 13.6. The Balaban J connectivity index is 0.936. The average molecular weight is 1200 g/mol. The van der Waals surface area contributed by atoms with E-state index in [4.69, 9.17) is 19.4 Å². The molecule has 2 heterocycles. The minimum absolute atomic E-state index is 0.299. The number of fused-ring (bicyclic) bond motifs is 27. The van der Waals surface area contributed by atoms with E-state index in [2.05, 4.69) is 218 Å². The number of hydrogen-bond donors (Lipinski definition) is 0. The van der Waals surface area contributed by atoms with Gasteiger partial charge in [-0.15, -0.1) is 11.3 Å². The topological polar surface area (TPSA) is 78.4 Å². The standard InChI is InChI=1S/C85H52N2O4S/c1-3-91-83(89)51-40-36-49(37-41-51)53-43-45-55-54-44-42-52(48-34-38-50(39-35-48)82(88)90-2)46-64(54)76-77(65(55)47-53)87-79-78(86-76)80(62-24-16-32-72-74(62)60-22-8-14-30-70(60)84(72)66-26-10-4-18-56(66)57-19-5-11-27-67(57)84)92-81(79)63-25-17-33-73-75(63)61-23-9-15-31-71(61)85(73)68-28-12-6-20-58(68)59-21-7-13-29-69(59)85/h4-47H,3H2,1-2H3. The summed E-state index contributed by atoms with van der Waals surface area (Å²) in [5.41, 5.74) is 29.2. The lowest BCUT2D eigenvalue weighted by Crippen LogP contribution is -2.25. The van der Waals surface area contributed by atoms with E-state index in [1.165, 1.54) is 96.1 Å². The summed E-state index contributed by atoms with van der Waals surface area (Å²) in [4.78, 5) is 40.0. The molecule has 0 unspecified atom stereocenters. The second kappa shape index (κ2) is 19.6. The van der Waals surface area contributed by atoms with E-state index in [1.54, 1.807) is 11.3 Å². The zero-order chi connectivity index (χ0) is 61.1. The van der Waals surface area contributed by atoms with Gasteiger partial charge in [-0.3, -0.25) is 0 Å². The van der Waals surface area contributed by atoms with Crippen molar-refractivity contribution >= 4 is 66.9 Å². The summed E-state index contributed by atoms with van der Waals surface area (Å²) >= 11 is 1.80. The molecular weight excluding hydrogens is 1150 g/mol. The largest absolute Gasteiger partial charge is 0.465 e. The lowest BCUT2D eigenvalue weighted by atomic mass is 9.70. The lowest BCUT2D eigenvalue weighted by Gasteiger charge is -2.30. The summed E-state index contributed by atoms with van der Waals surface area (Å²) in [5.74, 6) is -0.732. The minimum atomic E-state index is -0.563. The Kier molecular flexibility index (Phi) is 11.2. The van der Waals surface area contributed by atoms with Gasteiger partial charge in [-0.2, -0.15) is 0 Å². The first-order valence-electron chi connectivity index (χ1n) is 31.3. The molecule has 6 nitrogen and oxygen atoms in total. The molecule has 2 aromatic heterocycles. The molecule has 0 fully saturated rings. The molecule has 0 atom stereocenters. The summed E-state index contributed by atoms with van der Waals surface area (Å²) in [7, 11) is 1.41. The van der Waals surface area contributed by atoms with Gasteiger partial charge < -0.3 is 9.47 Å². The molecule has 0 radical (unpaired) electrons. The SMILES string of the molecule is CCOC(=O)c1ccc(-c2ccc3c4ccc(-c5ccc(C(=O)OC)cc5)cc4c4nc5c(-c6cccc7c6-c6ccccc6C76c7ccccc7-c7ccccc76)sc(-c6cccc7c6-c6ccccc6C76c7ccccc7-c7ccccc76)c5nc4c3c2)cc1. The number of methoxy groups -OCH3 is 1. The molecule has 0 saturated carbocycles. The third-order valence-electron chi connectivity index (χ3n) is 20.3. The number of carbonyl (C=O) groups excluding carboxylic acids is 2. The van der Waals surface area contributed by atoms with Crippen LogP contribution in [-0.2, 0) is 20.3 Å². The van der Waals surface area contributed by atoms with Crippen molar-refractivity contribution in [1.29, 1.82) is 0 Å². The Morgan fingerprint density at radius 3 is 1.04 bits per heavy atom. The number of rotatable bonds is 7. The summed E-state index contributed by atoms with van der Waals surface area (Å²) in [5, 5.41) is 3.98. The molecule has 19 rings (SSSR count). The molecule has 92 heavy (non-hydrogen) atoms. The van der Waals surface area contributed by atoms with Crippen LogP contribution in [0.15, 0.2) is 267 Å². The molecule has 7 heteroatoms. The van der Waals surface area contributed by atoms with Crippen LogP contribution in [0.4, 0.5) is 0 Å². The van der Waals surface area contributed by atoms with Gasteiger partial charge in [0.2, 0.25) is 0 Å². The maximum atomic E-state index is 12.9. The van der Waals surface area contributed by atoms with Gasteiger partial charge in [-0.05, 0) is 165 Å². The summed E-state index contributed by atoms with van der Waals surface area (Å²) in [6.07, 6.45) is 0. The van der Waals surface area contributed by atoms with Gasteiger partial charge in [-0.1, -0.05) is 231 Å². The summed E-state index contributed by atoms with van der Waals surface area (Å²) in [6.45, 7) is 2.12. The minimum Gasteiger partial charge on any atom is -0.465 e. The highest BCUT2D eigenvalue weighted by atomic mass is 32.1. The van der Waals surface area contributed by atoms with Gasteiger partial charge in [0.25, 0.3) is 0 Å².